The van der Waals surface area contributed by atoms with E-state index >= 15 is 0 Å². The van der Waals surface area contributed by atoms with Gasteiger partial charge in [-0.15, -0.1) is 0 Å². The minimum absolute atomic E-state index is 1.01. The molecule has 0 saturated carbocycles. The van der Waals surface area contributed by atoms with Gasteiger partial charge in [0.2, 0.25) is 0 Å². The van der Waals surface area contributed by atoms with E-state index in [0.717, 1.165) is 12.8 Å². The van der Waals surface area contributed by atoms with Crippen molar-refractivity contribution in [2.24, 2.45) is 0 Å². The molecule has 2 nitrogen and oxygen atoms in total. The Bertz CT molecular complexity index is 3570. The molecule has 1 aliphatic rings. The topological polar surface area (TPSA) is 9.34 Å². The molecule has 0 atom stereocenters. The molecule has 0 bridgehead atoms. The first kappa shape index (κ1) is 28.7. The third-order valence-corrected chi connectivity index (χ3v) is 12.5. The summed E-state index contributed by atoms with van der Waals surface area (Å²) >= 11 is 0. The molecule has 0 N–H and O–H groups in total. The molecular weight excluding hydrogens is 653 g/mol. The Kier molecular flexibility index (Phi) is 5.50. The lowest BCUT2D eigenvalue weighted by Crippen LogP contribution is -2.03. The van der Waals surface area contributed by atoms with Crippen LogP contribution in [0.4, 0.5) is 0 Å². The van der Waals surface area contributed by atoms with E-state index in [9.17, 15) is 0 Å². The second-order valence-corrected chi connectivity index (χ2v) is 15.1. The standard InChI is InChI=1S/C52H32N2/c1-2-15-37-35(13-1)36-14-3-4-16-38(36)45-30-33(24-26-39(37)45)32-11-9-12-34(29-32)53-47-22-8-6-18-44(47)50-48(53)28-25-31-23-27-43-42-20-10-19-41-40-17-5-7-21-46(40)54(51(41)42)52(43)49(31)50/h1-7,9-21,23-30H,8,22H2. The maximum atomic E-state index is 2.56. The number of para-hydroxylation sites is 2. The SMILES string of the molecule is C1=Cc2c(n(-c3cccc(-c4ccc5c6ccccc6c6ccccc6c5c4)c3)c3ccc4ccc5c6cccc7c8ccccc8n(c76)c5c4c23)CC1. The normalized spacial score (nSPS) is 13.3. The highest BCUT2D eigenvalue weighted by molar-refractivity contribution is 6.31. The number of fused-ring (bicyclic) bond motifs is 18. The van der Waals surface area contributed by atoms with E-state index in [0.29, 0.717) is 0 Å². The summed E-state index contributed by atoms with van der Waals surface area (Å²) in [5.41, 5.74) is 11.6. The Morgan fingerprint density at radius 1 is 0.407 bits per heavy atom. The molecule has 0 spiro atoms. The summed E-state index contributed by atoms with van der Waals surface area (Å²) in [6, 6.07) is 59.1. The third-order valence-electron chi connectivity index (χ3n) is 12.5. The van der Waals surface area contributed by atoms with Crippen LogP contribution in [0.5, 0.6) is 0 Å². The molecule has 0 radical (unpaired) electrons. The van der Waals surface area contributed by atoms with Crippen LogP contribution in [0, 0.1) is 0 Å². The molecule has 0 amide bonds. The summed E-state index contributed by atoms with van der Waals surface area (Å²) in [5.74, 6) is 0. The van der Waals surface area contributed by atoms with Crippen LogP contribution >= 0.6 is 0 Å². The second kappa shape index (κ2) is 10.4. The van der Waals surface area contributed by atoms with Gasteiger partial charge in [0, 0.05) is 49.3 Å². The van der Waals surface area contributed by atoms with Gasteiger partial charge in [-0.2, -0.15) is 0 Å². The minimum Gasteiger partial charge on any atom is -0.313 e. The predicted molar refractivity (Wildman–Crippen MR) is 231 cm³/mol. The van der Waals surface area contributed by atoms with Crippen molar-refractivity contribution in [2.45, 2.75) is 12.8 Å². The first-order valence-electron chi connectivity index (χ1n) is 19.1. The van der Waals surface area contributed by atoms with Crippen molar-refractivity contribution in [2.75, 3.05) is 0 Å². The van der Waals surface area contributed by atoms with Gasteiger partial charge in [0.25, 0.3) is 0 Å². The van der Waals surface area contributed by atoms with Crippen LogP contribution in [0.25, 0.3) is 115 Å². The van der Waals surface area contributed by atoms with Crippen molar-refractivity contribution in [3.05, 3.63) is 175 Å². The zero-order valence-electron chi connectivity index (χ0n) is 29.5. The maximum Gasteiger partial charge on any atom is 0.0627 e. The van der Waals surface area contributed by atoms with Crippen molar-refractivity contribution in [1.82, 2.24) is 8.97 Å². The zero-order chi connectivity index (χ0) is 35.1. The number of nitrogens with zero attached hydrogens (tertiary/aromatic N) is 2. The highest BCUT2D eigenvalue weighted by Gasteiger charge is 2.25. The van der Waals surface area contributed by atoms with Gasteiger partial charge in [-0.05, 0) is 92.0 Å². The molecule has 12 aromatic rings. The zero-order valence-corrected chi connectivity index (χ0v) is 29.5. The summed E-state index contributed by atoms with van der Waals surface area (Å²) in [4.78, 5) is 0. The molecule has 0 unspecified atom stereocenters. The van der Waals surface area contributed by atoms with Gasteiger partial charge >= 0.3 is 0 Å². The lowest BCUT2D eigenvalue weighted by molar-refractivity contribution is 0.889. The smallest absolute Gasteiger partial charge is 0.0627 e. The molecule has 13 rings (SSSR count). The number of benzene rings is 9. The predicted octanol–water partition coefficient (Wildman–Crippen LogP) is 14.0. The monoisotopic (exact) mass is 684 g/mol. The van der Waals surface area contributed by atoms with Gasteiger partial charge in [-0.3, -0.25) is 0 Å². The molecular formula is C52H32N2. The van der Waals surface area contributed by atoms with Crippen molar-refractivity contribution in [3.63, 3.8) is 0 Å². The van der Waals surface area contributed by atoms with E-state index in [2.05, 4.69) is 179 Å². The average molecular weight is 685 g/mol. The molecule has 3 aromatic heterocycles. The van der Waals surface area contributed by atoms with Crippen LogP contribution in [-0.2, 0) is 6.42 Å². The molecule has 54 heavy (non-hydrogen) atoms. The fourth-order valence-electron chi connectivity index (χ4n) is 10.2. The van der Waals surface area contributed by atoms with Crippen LogP contribution in [0.3, 0.4) is 0 Å². The van der Waals surface area contributed by atoms with Crippen LogP contribution in [0.2, 0.25) is 0 Å². The molecule has 0 saturated heterocycles. The summed E-state index contributed by atoms with van der Waals surface area (Å²) in [7, 11) is 0. The van der Waals surface area contributed by atoms with Crippen LogP contribution < -0.4 is 0 Å². The quantitative estimate of drug-likeness (QED) is 0.160. The van der Waals surface area contributed by atoms with Crippen LogP contribution in [-0.4, -0.2) is 8.97 Å². The van der Waals surface area contributed by atoms with Gasteiger partial charge in [-0.1, -0.05) is 140 Å². The average Bonchev–Trinajstić information content (AvgIpc) is 3.89. The number of hydrogen-bond acceptors (Lipinski definition) is 0. The Balaban J connectivity index is 1.09. The fraction of sp³-hybridized carbons (Fsp3) is 0.0385. The van der Waals surface area contributed by atoms with E-state index in [1.807, 2.05) is 0 Å². The first-order chi connectivity index (χ1) is 26.8. The van der Waals surface area contributed by atoms with E-state index in [-0.39, 0.29) is 0 Å². The van der Waals surface area contributed by atoms with Crippen LogP contribution in [0.15, 0.2) is 164 Å². The Labute approximate surface area is 310 Å². The molecule has 9 aromatic carbocycles. The number of aromatic nitrogens is 2. The summed E-state index contributed by atoms with van der Waals surface area (Å²) in [5, 5.41) is 17.1. The Hall–Kier alpha value is -6.90. The van der Waals surface area contributed by atoms with Crippen molar-refractivity contribution in [3.8, 4) is 16.8 Å². The van der Waals surface area contributed by atoms with Crippen molar-refractivity contribution in [1.29, 1.82) is 0 Å². The van der Waals surface area contributed by atoms with E-state index in [1.165, 1.54) is 120 Å². The highest BCUT2D eigenvalue weighted by atomic mass is 15.0. The minimum atomic E-state index is 1.01. The summed E-state index contributed by atoms with van der Waals surface area (Å²) < 4.78 is 5.12. The molecule has 0 aliphatic heterocycles. The molecule has 0 fully saturated rings. The van der Waals surface area contributed by atoms with Gasteiger partial charge in [0.15, 0.2) is 0 Å². The van der Waals surface area contributed by atoms with Crippen molar-refractivity contribution < 1.29 is 0 Å². The van der Waals surface area contributed by atoms with Crippen molar-refractivity contribution >= 4 is 98.2 Å². The van der Waals surface area contributed by atoms with Gasteiger partial charge in [0.05, 0.1) is 22.1 Å². The lowest BCUT2D eigenvalue weighted by atomic mass is 9.92. The Morgan fingerprint density at radius 3 is 1.83 bits per heavy atom. The second-order valence-electron chi connectivity index (χ2n) is 15.1. The number of hydrogen-bond donors (Lipinski definition) is 0. The summed E-state index contributed by atoms with van der Waals surface area (Å²) in [6.45, 7) is 0. The first-order valence-corrected chi connectivity index (χ1v) is 19.1. The van der Waals surface area contributed by atoms with Crippen LogP contribution in [0.1, 0.15) is 17.7 Å². The molecule has 1 aliphatic carbocycles. The number of rotatable bonds is 2. The molecule has 2 heteroatoms. The van der Waals surface area contributed by atoms with E-state index < -0.39 is 0 Å². The van der Waals surface area contributed by atoms with E-state index in [1.54, 1.807) is 0 Å². The summed E-state index contributed by atoms with van der Waals surface area (Å²) in [6.07, 6.45) is 6.81. The third kappa shape index (κ3) is 3.60. The lowest BCUT2D eigenvalue weighted by Gasteiger charge is -2.15. The van der Waals surface area contributed by atoms with Gasteiger partial charge < -0.3 is 8.97 Å². The Morgan fingerprint density at radius 2 is 1.02 bits per heavy atom. The fourth-order valence-corrected chi connectivity index (χ4v) is 10.2. The molecule has 3 heterocycles. The maximum absolute atomic E-state index is 2.56. The van der Waals surface area contributed by atoms with E-state index in [4.69, 9.17) is 0 Å². The largest absolute Gasteiger partial charge is 0.313 e. The van der Waals surface area contributed by atoms with Gasteiger partial charge in [0.1, 0.15) is 0 Å². The number of allylic oxidation sites excluding steroid dienone is 1. The van der Waals surface area contributed by atoms with Gasteiger partial charge in [-0.25, -0.2) is 0 Å². The highest BCUT2D eigenvalue weighted by Crippen LogP contribution is 2.46. The molecule has 250 valence electrons.